The zero-order chi connectivity index (χ0) is 13.5. The van der Waals surface area contributed by atoms with Crippen LogP contribution < -0.4 is 9.64 Å². The van der Waals surface area contributed by atoms with Gasteiger partial charge in [0.15, 0.2) is 0 Å². The molecular formula is C14H21NO3. The van der Waals surface area contributed by atoms with Crippen LogP contribution in [0.1, 0.15) is 37.0 Å². The highest BCUT2D eigenvalue weighted by Crippen LogP contribution is 2.26. The highest BCUT2D eigenvalue weighted by Gasteiger charge is 2.16. The van der Waals surface area contributed by atoms with Crippen LogP contribution in [0.15, 0.2) is 18.2 Å². The molecule has 0 aliphatic carbocycles. The summed E-state index contributed by atoms with van der Waals surface area (Å²) in [6, 6.07) is 5.09. The monoisotopic (exact) mass is 251 g/mol. The van der Waals surface area contributed by atoms with Crippen molar-refractivity contribution in [2.75, 3.05) is 25.1 Å². The highest BCUT2D eigenvalue weighted by molar-refractivity contribution is 5.94. The van der Waals surface area contributed by atoms with E-state index in [9.17, 15) is 9.90 Å². The van der Waals surface area contributed by atoms with Crippen molar-refractivity contribution in [2.45, 2.75) is 26.7 Å². The Bertz CT molecular complexity index is 398. The van der Waals surface area contributed by atoms with Crippen LogP contribution in [0.25, 0.3) is 0 Å². The van der Waals surface area contributed by atoms with Gasteiger partial charge in [0.2, 0.25) is 0 Å². The summed E-state index contributed by atoms with van der Waals surface area (Å²) in [7, 11) is 1.59. The molecule has 0 radical (unpaired) electrons. The summed E-state index contributed by atoms with van der Waals surface area (Å²) in [5.41, 5.74) is 1.07. The minimum absolute atomic E-state index is 0.331. The summed E-state index contributed by atoms with van der Waals surface area (Å²) in [6.07, 6.45) is 1.96. The first kappa shape index (κ1) is 14.4. The van der Waals surface area contributed by atoms with E-state index < -0.39 is 5.97 Å². The van der Waals surface area contributed by atoms with Gasteiger partial charge in [-0.2, -0.15) is 0 Å². The Morgan fingerprint density at radius 1 is 1.28 bits per heavy atom. The fraction of sp³-hybridized carbons (Fsp3) is 0.500. The van der Waals surface area contributed by atoms with Crippen molar-refractivity contribution < 1.29 is 14.6 Å². The number of benzene rings is 1. The van der Waals surface area contributed by atoms with Gasteiger partial charge in [-0.15, -0.1) is 0 Å². The van der Waals surface area contributed by atoms with Crippen molar-refractivity contribution in [3.05, 3.63) is 23.8 Å². The van der Waals surface area contributed by atoms with Crippen molar-refractivity contribution in [1.82, 2.24) is 0 Å². The SMILES string of the molecule is CCCN(CCC)c1cc(OC)ccc1C(=O)O. The first-order valence-electron chi connectivity index (χ1n) is 6.30. The maximum absolute atomic E-state index is 11.3. The van der Waals surface area contributed by atoms with Crippen LogP contribution in [0.4, 0.5) is 5.69 Å². The van der Waals surface area contributed by atoms with E-state index in [0.717, 1.165) is 31.6 Å². The topological polar surface area (TPSA) is 49.8 Å². The molecule has 0 aliphatic heterocycles. The van der Waals surface area contributed by atoms with Gasteiger partial charge in [-0.3, -0.25) is 0 Å². The van der Waals surface area contributed by atoms with E-state index in [1.54, 1.807) is 25.3 Å². The number of hydrogen-bond acceptors (Lipinski definition) is 3. The number of anilines is 1. The Labute approximate surface area is 108 Å². The molecule has 0 saturated carbocycles. The molecule has 1 N–H and O–H groups in total. The molecule has 0 amide bonds. The van der Waals surface area contributed by atoms with Gasteiger partial charge in [-0.25, -0.2) is 4.79 Å². The quantitative estimate of drug-likeness (QED) is 0.809. The number of rotatable bonds is 7. The molecule has 0 unspecified atom stereocenters. The lowest BCUT2D eigenvalue weighted by atomic mass is 10.1. The van der Waals surface area contributed by atoms with Crippen LogP contribution in [-0.2, 0) is 0 Å². The van der Waals surface area contributed by atoms with Crippen molar-refractivity contribution >= 4 is 11.7 Å². The summed E-state index contributed by atoms with van der Waals surface area (Å²) in [5, 5.41) is 9.25. The number of hydrogen-bond donors (Lipinski definition) is 1. The number of methoxy groups -OCH3 is 1. The van der Waals surface area contributed by atoms with Gasteiger partial charge >= 0.3 is 5.97 Å². The second-order valence-electron chi connectivity index (χ2n) is 4.18. The largest absolute Gasteiger partial charge is 0.497 e. The molecule has 4 heteroatoms. The lowest BCUT2D eigenvalue weighted by Crippen LogP contribution is -2.26. The molecule has 1 aromatic rings. The molecule has 1 aromatic carbocycles. The molecule has 0 heterocycles. The lowest BCUT2D eigenvalue weighted by Gasteiger charge is -2.25. The standard InChI is InChI=1S/C14H21NO3/c1-4-8-15(9-5-2)13-10-11(18-3)6-7-12(13)14(16)17/h6-7,10H,4-5,8-9H2,1-3H3,(H,16,17). The number of aromatic carboxylic acids is 1. The van der Waals surface area contributed by atoms with Crippen LogP contribution in [0.5, 0.6) is 5.75 Å². The van der Waals surface area contributed by atoms with Crippen LogP contribution in [-0.4, -0.2) is 31.3 Å². The molecule has 18 heavy (non-hydrogen) atoms. The third-order valence-corrected chi connectivity index (χ3v) is 2.76. The van der Waals surface area contributed by atoms with Crippen molar-refractivity contribution in [3.8, 4) is 5.75 Å². The van der Waals surface area contributed by atoms with E-state index in [0.29, 0.717) is 11.3 Å². The van der Waals surface area contributed by atoms with Crippen LogP contribution in [0.2, 0.25) is 0 Å². The fourth-order valence-corrected chi connectivity index (χ4v) is 1.97. The molecule has 0 spiro atoms. The van der Waals surface area contributed by atoms with E-state index in [1.807, 2.05) is 0 Å². The number of carbonyl (C=O) groups is 1. The zero-order valence-electron chi connectivity index (χ0n) is 11.3. The zero-order valence-corrected chi connectivity index (χ0v) is 11.3. The molecule has 1 rings (SSSR count). The van der Waals surface area contributed by atoms with E-state index in [1.165, 1.54) is 0 Å². The maximum atomic E-state index is 11.3. The van der Waals surface area contributed by atoms with Gasteiger partial charge in [-0.05, 0) is 25.0 Å². The Morgan fingerprint density at radius 2 is 1.89 bits per heavy atom. The van der Waals surface area contributed by atoms with Crippen LogP contribution >= 0.6 is 0 Å². The number of carboxylic acids is 1. The van der Waals surface area contributed by atoms with Crippen molar-refractivity contribution in [2.24, 2.45) is 0 Å². The van der Waals surface area contributed by atoms with Crippen LogP contribution in [0, 0.1) is 0 Å². The molecular weight excluding hydrogens is 230 g/mol. The summed E-state index contributed by atoms with van der Waals surface area (Å²) >= 11 is 0. The first-order valence-corrected chi connectivity index (χ1v) is 6.30. The minimum Gasteiger partial charge on any atom is -0.497 e. The van der Waals surface area contributed by atoms with Crippen molar-refractivity contribution in [1.29, 1.82) is 0 Å². The summed E-state index contributed by atoms with van der Waals surface area (Å²) < 4.78 is 5.18. The predicted octanol–water partition coefficient (Wildman–Crippen LogP) is 3.02. The minimum atomic E-state index is -0.898. The normalized spacial score (nSPS) is 10.2. The highest BCUT2D eigenvalue weighted by atomic mass is 16.5. The fourth-order valence-electron chi connectivity index (χ4n) is 1.97. The van der Waals surface area contributed by atoms with Gasteiger partial charge < -0.3 is 14.7 Å². The molecule has 0 aromatic heterocycles. The van der Waals surface area contributed by atoms with E-state index in [-0.39, 0.29) is 0 Å². The van der Waals surface area contributed by atoms with Gasteiger partial charge in [0.1, 0.15) is 5.75 Å². The Morgan fingerprint density at radius 3 is 2.33 bits per heavy atom. The van der Waals surface area contributed by atoms with Gasteiger partial charge in [0, 0.05) is 19.2 Å². The molecule has 0 aliphatic rings. The van der Waals surface area contributed by atoms with Gasteiger partial charge in [0.05, 0.1) is 18.4 Å². The summed E-state index contributed by atoms with van der Waals surface area (Å²) in [6.45, 7) is 5.87. The summed E-state index contributed by atoms with van der Waals surface area (Å²) in [4.78, 5) is 13.4. The van der Waals surface area contributed by atoms with E-state index in [2.05, 4.69) is 18.7 Å². The second kappa shape index (κ2) is 6.89. The smallest absolute Gasteiger partial charge is 0.337 e. The first-order chi connectivity index (χ1) is 8.63. The average molecular weight is 251 g/mol. The van der Waals surface area contributed by atoms with Crippen molar-refractivity contribution in [3.63, 3.8) is 0 Å². The van der Waals surface area contributed by atoms with E-state index >= 15 is 0 Å². The number of carboxylic acid groups (broad SMARTS) is 1. The molecule has 100 valence electrons. The summed E-state index contributed by atoms with van der Waals surface area (Å²) in [5.74, 6) is -0.211. The van der Waals surface area contributed by atoms with Gasteiger partial charge in [-0.1, -0.05) is 13.8 Å². The lowest BCUT2D eigenvalue weighted by molar-refractivity contribution is 0.0697. The number of ether oxygens (including phenoxy) is 1. The third-order valence-electron chi connectivity index (χ3n) is 2.76. The Kier molecular flexibility index (Phi) is 5.49. The second-order valence-corrected chi connectivity index (χ2v) is 4.18. The third kappa shape index (κ3) is 3.39. The molecule has 4 nitrogen and oxygen atoms in total. The van der Waals surface area contributed by atoms with Crippen LogP contribution in [0.3, 0.4) is 0 Å². The Hall–Kier alpha value is -1.71. The molecule has 0 atom stereocenters. The maximum Gasteiger partial charge on any atom is 0.337 e. The van der Waals surface area contributed by atoms with Gasteiger partial charge in [0.25, 0.3) is 0 Å². The van der Waals surface area contributed by atoms with E-state index in [4.69, 9.17) is 4.74 Å². The predicted molar refractivity (Wildman–Crippen MR) is 72.7 cm³/mol. The molecule has 0 fully saturated rings. The number of nitrogens with zero attached hydrogens (tertiary/aromatic N) is 1. The molecule has 0 bridgehead atoms. The molecule has 0 saturated heterocycles. The average Bonchev–Trinajstić information content (AvgIpc) is 2.37. The Balaban J connectivity index is 3.18.